The Balaban J connectivity index is 1.54. The van der Waals surface area contributed by atoms with E-state index in [1.54, 1.807) is 37.4 Å². The van der Waals surface area contributed by atoms with Gasteiger partial charge >= 0.3 is 5.97 Å². The van der Waals surface area contributed by atoms with Crippen molar-refractivity contribution >= 4 is 39.8 Å². The first-order valence-corrected chi connectivity index (χ1v) is 13.1. The number of benzene rings is 2. The molecule has 0 saturated heterocycles. The number of amides is 1. The Bertz CT molecular complexity index is 1480. The first-order chi connectivity index (χ1) is 17.6. The predicted octanol–water partition coefficient (Wildman–Crippen LogP) is 5.70. The third-order valence-corrected chi connectivity index (χ3v) is 7.31. The molecular weight excluding hydrogens is 508 g/mol. The number of ether oxygens (including phenoxy) is 1. The van der Waals surface area contributed by atoms with Crippen molar-refractivity contribution in [3.8, 4) is 6.07 Å². The Morgan fingerprint density at radius 1 is 1.24 bits per heavy atom. The van der Waals surface area contributed by atoms with Crippen molar-refractivity contribution in [2.75, 3.05) is 0 Å². The Kier molecular flexibility index (Phi) is 7.67. The number of fused-ring (bicyclic) bond motifs is 1. The number of esters is 1. The topological polar surface area (TPSA) is 96.5 Å². The number of halogens is 1. The summed E-state index contributed by atoms with van der Waals surface area (Å²) in [6.07, 6.45) is 2.36. The molecule has 9 heteroatoms. The van der Waals surface area contributed by atoms with E-state index in [4.69, 9.17) is 16.3 Å². The van der Waals surface area contributed by atoms with Crippen molar-refractivity contribution in [2.24, 2.45) is 0 Å². The molecule has 7 nitrogen and oxygen atoms in total. The molecule has 2 atom stereocenters. The fraction of sp³-hybridized carbons (Fsp3) is 0.286. The van der Waals surface area contributed by atoms with E-state index in [2.05, 4.69) is 16.4 Å². The molecule has 0 unspecified atom stereocenters. The molecule has 2 aromatic carbocycles. The number of rotatable bonds is 8. The van der Waals surface area contributed by atoms with Crippen LogP contribution in [0.15, 0.2) is 60.1 Å². The minimum Gasteiger partial charge on any atom is -0.445 e. The molecule has 0 spiro atoms. The average molecular weight is 535 g/mol. The van der Waals surface area contributed by atoms with Crippen molar-refractivity contribution in [3.63, 3.8) is 0 Å². The quantitative estimate of drug-likeness (QED) is 0.293. The minimum atomic E-state index is -1.43. The van der Waals surface area contributed by atoms with E-state index in [-0.39, 0.29) is 12.0 Å². The maximum atomic E-state index is 13.4. The zero-order chi connectivity index (χ0) is 26.7. The molecule has 4 aromatic rings. The van der Waals surface area contributed by atoms with Gasteiger partial charge in [0.2, 0.25) is 0 Å². The van der Waals surface area contributed by atoms with Gasteiger partial charge in [0.15, 0.2) is 16.3 Å². The molecule has 1 amide bonds. The van der Waals surface area contributed by atoms with Crippen molar-refractivity contribution < 1.29 is 14.3 Å². The van der Waals surface area contributed by atoms with Crippen LogP contribution in [0.25, 0.3) is 4.96 Å². The van der Waals surface area contributed by atoms with Gasteiger partial charge in [-0.05, 0) is 69.5 Å². The lowest BCUT2D eigenvalue weighted by atomic mass is 9.85. The molecule has 2 heterocycles. The predicted molar refractivity (Wildman–Crippen MR) is 144 cm³/mol. The van der Waals surface area contributed by atoms with Crippen molar-refractivity contribution in [2.45, 2.75) is 51.7 Å². The monoisotopic (exact) mass is 534 g/mol. The summed E-state index contributed by atoms with van der Waals surface area (Å²) >= 11 is 7.48. The number of nitrogens with zero attached hydrogens (tertiary/aromatic N) is 3. The molecule has 0 aliphatic carbocycles. The molecule has 0 bridgehead atoms. The second-order valence-corrected chi connectivity index (χ2v) is 10.7. The summed E-state index contributed by atoms with van der Waals surface area (Å²) in [6.45, 7) is 6.78. The number of carbonyl (C=O) groups is 2. The van der Waals surface area contributed by atoms with Gasteiger partial charge in [0, 0.05) is 28.6 Å². The van der Waals surface area contributed by atoms with E-state index in [1.807, 2.05) is 54.8 Å². The summed E-state index contributed by atoms with van der Waals surface area (Å²) in [7, 11) is 0. The van der Waals surface area contributed by atoms with Gasteiger partial charge in [0.25, 0.3) is 5.91 Å². The summed E-state index contributed by atoms with van der Waals surface area (Å²) in [4.78, 5) is 31.5. The SMILES string of the molecule is Cc1nc2sccn2c1C(=O)OC(C)(C)C(=O)N[C@@H](C)[C@@H](Cc1ccc(Cl)cc1)c1cccc(C#N)c1. The van der Waals surface area contributed by atoms with Gasteiger partial charge < -0.3 is 10.1 Å². The van der Waals surface area contributed by atoms with Gasteiger partial charge in [-0.2, -0.15) is 5.26 Å². The van der Waals surface area contributed by atoms with Gasteiger partial charge in [-0.3, -0.25) is 9.20 Å². The fourth-order valence-corrected chi connectivity index (χ4v) is 5.13. The highest BCUT2D eigenvalue weighted by atomic mass is 35.5. The normalized spacial score (nSPS) is 13.1. The van der Waals surface area contributed by atoms with Crippen LogP contribution in [0.5, 0.6) is 0 Å². The highest BCUT2D eigenvalue weighted by molar-refractivity contribution is 7.15. The lowest BCUT2D eigenvalue weighted by Crippen LogP contribution is -2.50. The third kappa shape index (κ3) is 5.85. The first kappa shape index (κ1) is 26.4. The third-order valence-electron chi connectivity index (χ3n) is 6.30. The molecular formula is C28H27ClN4O3S. The van der Waals surface area contributed by atoms with E-state index < -0.39 is 17.5 Å². The molecule has 0 saturated carbocycles. The van der Waals surface area contributed by atoms with Gasteiger partial charge in [-0.15, -0.1) is 11.3 Å². The highest BCUT2D eigenvalue weighted by Crippen LogP contribution is 2.27. The summed E-state index contributed by atoms with van der Waals surface area (Å²) in [6, 6.07) is 16.8. The number of imidazole rings is 1. The molecule has 4 rings (SSSR count). The van der Waals surface area contributed by atoms with Crippen LogP contribution in [0.4, 0.5) is 0 Å². The molecule has 37 heavy (non-hydrogen) atoms. The Morgan fingerprint density at radius 2 is 1.97 bits per heavy atom. The van der Waals surface area contributed by atoms with Crippen LogP contribution in [-0.4, -0.2) is 32.9 Å². The van der Waals surface area contributed by atoms with E-state index >= 15 is 0 Å². The molecule has 0 fully saturated rings. The Morgan fingerprint density at radius 3 is 2.68 bits per heavy atom. The number of aryl methyl sites for hydroxylation is 1. The molecule has 190 valence electrons. The van der Waals surface area contributed by atoms with Gasteiger partial charge in [0.1, 0.15) is 0 Å². The van der Waals surface area contributed by atoms with Crippen LogP contribution in [-0.2, 0) is 16.0 Å². The Labute approximate surface area is 224 Å². The molecule has 0 aliphatic rings. The van der Waals surface area contributed by atoms with Crippen LogP contribution >= 0.6 is 22.9 Å². The van der Waals surface area contributed by atoms with E-state index in [0.717, 1.165) is 11.1 Å². The van der Waals surface area contributed by atoms with Crippen LogP contribution in [0.2, 0.25) is 5.02 Å². The highest BCUT2D eigenvalue weighted by Gasteiger charge is 2.36. The standard InChI is InChI=1S/C28H27ClN4O3S/c1-17(23(15-19-8-10-22(29)11-9-19)21-7-5-6-20(14-21)16-30)31-26(35)28(3,4)36-25(34)24-18(2)32-27-33(24)12-13-37-27/h5-14,17,23H,15H2,1-4H3,(H,31,35)/t17-,23+/m0/s1. The number of thiazole rings is 1. The van der Waals surface area contributed by atoms with Gasteiger partial charge in [0.05, 0.1) is 17.3 Å². The second kappa shape index (κ2) is 10.8. The van der Waals surface area contributed by atoms with Crippen molar-refractivity contribution in [1.29, 1.82) is 5.26 Å². The van der Waals surface area contributed by atoms with Crippen LogP contribution in [0, 0.1) is 18.3 Å². The van der Waals surface area contributed by atoms with E-state index in [0.29, 0.717) is 33.4 Å². The number of aromatic nitrogens is 2. The minimum absolute atomic E-state index is 0.146. The Hall–Kier alpha value is -3.67. The number of nitrogens with one attached hydrogen (secondary N) is 1. The van der Waals surface area contributed by atoms with E-state index in [1.165, 1.54) is 11.3 Å². The molecule has 0 radical (unpaired) electrons. The zero-order valence-corrected chi connectivity index (χ0v) is 22.6. The summed E-state index contributed by atoms with van der Waals surface area (Å²) in [5.74, 6) is -1.18. The molecule has 1 N–H and O–H groups in total. The van der Waals surface area contributed by atoms with Crippen molar-refractivity contribution in [1.82, 2.24) is 14.7 Å². The summed E-state index contributed by atoms with van der Waals surface area (Å²) in [5, 5.41) is 14.9. The molecule has 2 aromatic heterocycles. The van der Waals surface area contributed by atoms with Crippen LogP contribution < -0.4 is 5.32 Å². The van der Waals surface area contributed by atoms with Gasteiger partial charge in [-0.25, -0.2) is 9.78 Å². The largest absolute Gasteiger partial charge is 0.445 e. The first-order valence-electron chi connectivity index (χ1n) is 11.8. The number of hydrogen-bond donors (Lipinski definition) is 1. The smallest absolute Gasteiger partial charge is 0.358 e. The maximum absolute atomic E-state index is 13.4. The van der Waals surface area contributed by atoms with Gasteiger partial charge in [-0.1, -0.05) is 35.9 Å². The average Bonchev–Trinajstić information content (AvgIpc) is 3.43. The summed E-state index contributed by atoms with van der Waals surface area (Å²) in [5.41, 5.74) is 1.92. The maximum Gasteiger partial charge on any atom is 0.358 e. The molecule has 0 aliphatic heterocycles. The zero-order valence-electron chi connectivity index (χ0n) is 21.0. The number of hydrogen-bond acceptors (Lipinski definition) is 6. The fourth-order valence-electron chi connectivity index (χ4n) is 4.24. The van der Waals surface area contributed by atoms with Crippen LogP contribution in [0.3, 0.4) is 0 Å². The van der Waals surface area contributed by atoms with Crippen molar-refractivity contribution in [3.05, 3.63) is 93.2 Å². The lowest BCUT2D eigenvalue weighted by Gasteiger charge is -2.30. The second-order valence-electron chi connectivity index (χ2n) is 9.44. The summed E-state index contributed by atoms with van der Waals surface area (Å²) < 4.78 is 7.36. The number of carbonyl (C=O) groups excluding carboxylic acids is 2. The van der Waals surface area contributed by atoms with Crippen LogP contribution in [0.1, 0.15) is 59.6 Å². The lowest BCUT2D eigenvalue weighted by molar-refractivity contribution is -0.138. The van der Waals surface area contributed by atoms with E-state index in [9.17, 15) is 14.9 Å². The number of nitriles is 1.